The summed E-state index contributed by atoms with van der Waals surface area (Å²) in [6.07, 6.45) is 0. The number of thiophene rings is 2. The van der Waals surface area contributed by atoms with Crippen LogP contribution in [0.1, 0.15) is 29.0 Å². The number of rotatable bonds is 5. The standard InChI is InChI=1S/C6H8BNO3S.C6H4O4S/c1-7(11)8-5-3-2-4(12-5)6(9)10;7-5(8)3-1-2-4(11-3)6(9)10/h2-3,8,11H,1H3,(H,9,10);1-2H,(H,7,8)(H,9,10). The van der Waals surface area contributed by atoms with Gasteiger partial charge >= 0.3 is 25.0 Å². The van der Waals surface area contributed by atoms with Crippen molar-refractivity contribution in [2.75, 3.05) is 5.23 Å². The zero-order chi connectivity index (χ0) is 17.6. The van der Waals surface area contributed by atoms with Crippen molar-refractivity contribution in [3.05, 3.63) is 38.9 Å². The van der Waals surface area contributed by atoms with Crippen molar-refractivity contribution in [3.8, 4) is 0 Å². The van der Waals surface area contributed by atoms with E-state index in [2.05, 4.69) is 5.23 Å². The molecule has 0 aliphatic carbocycles. The van der Waals surface area contributed by atoms with Crippen molar-refractivity contribution in [1.29, 1.82) is 0 Å². The molecule has 2 aromatic heterocycles. The number of nitrogens with one attached hydrogen (secondary N) is 1. The molecule has 11 heteroatoms. The monoisotopic (exact) mass is 357 g/mol. The second-order valence-corrected chi connectivity index (χ2v) is 6.23. The molecule has 0 aromatic carbocycles. The highest BCUT2D eigenvalue weighted by molar-refractivity contribution is 7.18. The molecule has 0 saturated heterocycles. The largest absolute Gasteiger partial charge is 0.477 e. The Balaban J connectivity index is 0.000000231. The van der Waals surface area contributed by atoms with Crippen LogP contribution >= 0.6 is 22.7 Å². The van der Waals surface area contributed by atoms with E-state index in [0.29, 0.717) is 5.00 Å². The van der Waals surface area contributed by atoms with Crippen LogP contribution in [0.5, 0.6) is 0 Å². The Labute approximate surface area is 138 Å². The fourth-order valence-electron chi connectivity index (χ4n) is 1.30. The van der Waals surface area contributed by atoms with Gasteiger partial charge in [-0.3, -0.25) is 0 Å². The van der Waals surface area contributed by atoms with Gasteiger partial charge in [-0.05, 0) is 31.1 Å². The lowest BCUT2D eigenvalue weighted by Crippen LogP contribution is -2.18. The third-order valence-electron chi connectivity index (χ3n) is 2.20. The van der Waals surface area contributed by atoms with Gasteiger partial charge in [-0.2, -0.15) is 0 Å². The average molecular weight is 357 g/mol. The van der Waals surface area contributed by atoms with Crippen molar-refractivity contribution in [3.63, 3.8) is 0 Å². The molecule has 0 radical (unpaired) electrons. The van der Waals surface area contributed by atoms with Gasteiger partial charge in [0.15, 0.2) is 0 Å². The Morgan fingerprint density at radius 3 is 1.57 bits per heavy atom. The zero-order valence-corrected chi connectivity index (χ0v) is 13.3. The van der Waals surface area contributed by atoms with Crippen molar-refractivity contribution in [1.82, 2.24) is 0 Å². The third-order valence-corrected chi connectivity index (χ3v) is 4.26. The summed E-state index contributed by atoms with van der Waals surface area (Å²) in [5.74, 6) is -3.14. The Morgan fingerprint density at radius 2 is 1.26 bits per heavy atom. The first-order chi connectivity index (χ1) is 10.7. The summed E-state index contributed by atoms with van der Waals surface area (Å²) in [6.45, 7) is 1.57. The fourth-order valence-corrected chi connectivity index (χ4v) is 2.81. The molecule has 0 aliphatic heterocycles. The summed E-state index contributed by atoms with van der Waals surface area (Å²) in [5, 5.41) is 37.6. The zero-order valence-electron chi connectivity index (χ0n) is 11.7. The Kier molecular flexibility index (Phi) is 6.75. The summed E-state index contributed by atoms with van der Waals surface area (Å²) in [6, 6.07) is 5.67. The molecule has 0 bridgehead atoms. The lowest BCUT2D eigenvalue weighted by Gasteiger charge is -1.99. The van der Waals surface area contributed by atoms with Crippen molar-refractivity contribution in [2.45, 2.75) is 6.82 Å². The van der Waals surface area contributed by atoms with E-state index in [1.54, 1.807) is 12.9 Å². The van der Waals surface area contributed by atoms with E-state index in [1.807, 2.05) is 0 Å². The third kappa shape index (κ3) is 6.10. The molecular formula is C12H12BNO7S2. The molecule has 0 atom stereocenters. The van der Waals surface area contributed by atoms with Crippen LogP contribution in [0.4, 0.5) is 5.00 Å². The normalized spacial score (nSPS) is 9.48. The molecule has 23 heavy (non-hydrogen) atoms. The molecule has 0 amide bonds. The molecular weight excluding hydrogens is 345 g/mol. The molecule has 0 aliphatic rings. The number of carbonyl (C=O) groups is 3. The molecule has 2 aromatic rings. The lowest BCUT2D eigenvalue weighted by molar-refractivity contribution is 0.0690. The van der Waals surface area contributed by atoms with E-state index in [9.17, 15) is 14.4 Å². The number of anilines is 1. The number of hydrogen-bond donors (Lipinski definition) is 5. The highest BCUT2D eigenvalue weighted by Gasteiger charge is 2.11. The van der Waals surface area contributed by atoms with Gasteiger partial charge in [-0.1, -0.05) is 0 Å². The predicted octanol–water partition coefficient (Wildman–Crippen LogP) is 2.11. The first-order valence-electron chi connectivity index (χ1n) is 6.05. The summed E-state index contributed by atoms with van der Waals surface area (Å²) < 4.78 is 0. The Bertz CT molecular complexity index is 681. The van der Waals surface area contributed by atoms with E-state index in [-0.39, 0.29) is 14.6 Å². The van der Waals surface area contributed by atoms with Crippen molar-refractivity contribution >= 4 is 52.6 Å². The minimum Gasteiger partial charge on any atom is -0.477 e. The second kappa shape index (κ2) is 8.32. The first-order valence-corrected chi connectivity index (χ1v) is 7.68. The van der Waals surface area contributed by atoms with Gasteiger partial charge in [0.2, 0.25) is 0 Å². The van der Waals surface area contributed by atoms with Crippen LogP contribution in [-0.2, 0) is 0 Å². The van der Waals surface area contributed by atoms with Gasteiger partial charge in [0.05, 0.1) is 5.00 Å². The van der Waals surface area contributed by atoms with E-state index >= 15 is 0 Å². The van der Waals surface area contributed by atoms with Gasteiger partial charge in [0.1, 0.15) is 14.6 Å². The van der Waals surface area contributed by atoms with Crippen LogP contribution in [0, 0.1) is 0 Å². The van der Waals surface area contributed by atoms with Gasteiger partial charge in [-0.25, -0.2) is 14.4 Å². The van der Waals surface area contributed by atoms with Crippen molar-refractivity contribution < 1.29 is 34.7 Å². The predicted molar refractivity (Wildman–Crippen MR) is 87.0 cm³/mol. The lowest BCUT2D eigenvalue weighted by atomic mass is 9.89. The summed E-state index contributed by atoms with van der Waals surface area (Å²) in [4.78, 5) is 31.3. The number of hydrogen-bond acceptors (Lipinski definition) is 7. The first kappa shape index (κ1) is 18.7. The molecule has 0 saturated carbocycles. The van der Waals surface area contributed by atoms with Crippen LogP contribution in [0.3, 0.4) is 0 Å². The highest BCUT2D eigenvalue weighted by atomic mass is 32.1. The van der Waals surface area contributed by atoms with Crippen LogP contribution < -0.4 is 5.23 Å². The van der Waals surface area contributed by atoms with Gasteiger partial charge < -0.3 is 25.6 Å². The molecule has 122 valence electrons. The molecule has 5 N–H and O–H groups in total. The molecule has 2 rings (SSSR count). The number of carboxylic acid groups (broad SMARTS) is 3. The highest BCUT2D eigenvalue weighted by Crippen LogP contribution is 2.21. The topological polar surface area (TPSA) is 144 Å². The molecule has 2 heterocycles. The van der Waals surface area contributed by atoms with Gasteiger partial charge in [0, 0.05) is 0 Å². The van der Waals surface area contributed by atoms with Crippen LogP contribution in [0.25, 0.3) is 0 Å². The van der Waals surface area contributed by atoms with Gasteiger partial charge in [-0.15, -0.1) is 22.7 Å². The fraction of sp³-hybridized carbons (Fsp3) is 0.0833. The maximum atomic E-state index is 10.4. The average Bonchev–Trinajstić information content (AvgIpc) is 3.06. The smallest absolute Gasteiger partial charge is 0.407 e. The minimum absolute atomic E-state index is 0.0439. The Morgan fingerprint density at radius 1 is 0.870 bits per heavy atom. The maximum Gasteiger partial charge on any atom is 0.407 e. The van der Waals surface area contributed by atoms with E-state index in [4.69, 9.17) is 20.3 Å². The van der Waals surface area contributed by atoms with Crippen molar-refractivity contribution in [2.24, 2.45) is 0 Å². The van der Waals surface area contributed by atoms with Crippen LogP contribution in [0.2, 0.25) is 6.82 Å². The number of carboxylic acids is 3. The maximum absolute atomic E-state index is 10.4. The minimum atomic E-state index is -1.09. The molecule has 0 unspecified atom stereocenters. The number of aromatic carboxylic acids is 3. The summed E-state index contributed by atoms with van der Waals surface area (Å²) >= 11 is 1.85. The SMILES string of the molecule is CB(O)Nc1ccc(C(=O)O)s1.O=C(O)c1ccc(C(=O)O)s1. The van der Waals surface area contributed by atoms with E-state index < -0.39 is 25.0 Å². The molecule has 0 spiro atoms. The summed E-state index contributed by atoms with van der Waals surface area (Å²) in [7, 11) is -0.662. The van der Waals surface area contributed by atoms with E-state index in [1.165, 1.54) is 18.2 Å². The van der Waals surface area contributed by atoms with E-state index in [0.717, 1.165) is 22.7 Å². The summed E-state index contributed by atoms with van der Waals surface area (Å²) in [5.41, 5.74) is 0. The van der Waals surface area contributed by atoms with Gasteiger partial charge in [0.25, 0.3) is 0 Å². The van der Waals surface area contributed by atoms with Crippen LogP contribution in [0.15, 0.2) is 24.3 Å². The Hall–Kier alpha value is -2.37. The quantitative estimate of drug-likeness (QED) is 0.512. The molecule has 8 nitrogen and oxygen atoms in total. The molecule has 0 fully saturated rings. The second-order valence-electron chi connectivity index (χ2n) is 4.06. The van der Waals surface area contributed by atoms with Crippen LogP contribution in [-0.4, -0.2) is 45.3 Å².